The largest absolute Gasteiger partial charge is 0.481 e. The summed E-state index contributed by atoms with van der Waals surface area (Å²) in [5.41, 5.74) is 1.08. The number of carbonyl (C=O) groups excluding carboxylic acids is 1. The Balaban J connectivity index is 2.29. The first-order valence-electron chi connectivity index (χ1n) is 6.61. The van der Waals surface area contributed by atoms with Crippen molar-refractivity contribution in [2.24, 2.45) is 5.92 Å². The number of carboxylic acids is 1. The fourth-order valence-electron chi connectivity index (χ4n) is 1.84. The third-order valence-corrected chi connectivity index (χ3v) is 4.06. The van der Waals surface area contributed by atoms with E-state index < -0.39 is 5.97 Å². The van der Waals surface area contributed by atoms with Crippen molar-refractivity contribution in [3.63, 3.8) is 0 Å². The quantitative estimate of drug-likeness (QED) is 0.771. The minimum atomic E-state index is -0.762. The Bertz CT molecular complexity index is 428. The van der Waals surface area contributed by atoms with Crippen LogP contribution in [0.3, 0.4) is 0 Å². The van der Waals surface area contributed by atoms with Crippen molar-refractivity contribution in [2.75, 3.05) is 6.54 Å². The number of aryl methyl sites for hydroxylation is 1. The molecule has 0 fully saturated rings. The van der Waals surface area contributed by atoms with Gasteiger partial charge in [-0.05, 0) is 42.2 Å². The van der Waals surface area contributed by atoms with Crippen molar-refractivity contribution >= 4 is 23.2 Å². The highest BCUT2D eigenvalue weighted by atomic mass is 32.1. The van der Waals surface area contributed by atoms with E-state index in [4.69, 9.17) is 5.11 Å². The molecule has 0 bridgehead atoms. The van der Waals surface area contributed by atoms with E-state index in [-0.39, 0.29) is 12.3 Å². The molecule has 0 aliphatic rings. The van der Waals surface area contributed by atoms with Crippen LogP contribution in [-0.2, 0) is 11.2 Å². The number of rotatable bonds is 8. The average molecular weight is 283 g/mol. The van der Waals surface area contributed by atoms with Gasteiger partial charge in [-0.25, -0.2) is 0 Å². The van der Waals surface area contributed by atoms with Crippen LogP contribution in [0, 0.1) is 5.92 Å². The summed E-state index contributed by atoms with van der Waals surface area (Å²) < 4.78 is 0. The number of carboxylic acid groups (broad SMARTS) is 1. The normalized spacial score (nSPS) is 12.1. The molecule has 1 aromatic rings. The van der Waals surface area contributed by atoms with E-state index in [1.54, 1.807) is 0 Å². The van der Waals surface area contributed by atoms with E-state index >= 15 is 0 Å². The van der Waals surface area contributed by atoms with Gasteiger partial charge in [-0.1, -0.05) is 13.8 Å². The van der Waals surface area contributed by atoms with E-state index in [1.807, 2.05) is 25.3 Å². The highest BCUT2D eigenvalue weighted by Crippen LogP contribution is 2.17. The van der Waals surface area contributed by atoms with Crippen LogP contribution < -0.4 is 5.32 Å². The van der Waals surface area contributed by atoms with Gasteiger partial charge >= 0.3 is 5.97 Å². The molecule has 0 saturated heterocycles. The lowest BCUT2D eigenvalue weighted by atomic mass is 10.0. The Kier molecular flexibility index (Phi) is 6.56. The molecule has 0 spiro atoms. The second-order valence-electron chi connectivity index (χ2n) is 4.71. The summed E-state index contributed by atoms with van der Waals surface area (Å²) >= 11 is 1.47. The van der Waals surface area contributed by atoms with E-state index in [2.05, 4.69) is 5.32 Å². The average Bonchev–Trinajstić information content (AvgIpc) is 2.84. The van der Waals surface area contributed by atoms with Gasteiger partial charge in [-0.15, -0.1) is 11.3 Å². The number of amides is 1. The minimum Gasteiger partial charge on any atom is -0.481 e. The molecule has 19 heavy (non-hydrogen) atoms. The molecule has 5 heteroatoms. The van der Waals surface area contributed by atoms with Crippen LogP contribution >= 0.6 is 11.3 Å². The summed E-state index contributed by atoms with van der Waals surface area (Å²) in [4.78, 5) is 23.2. The van der Waals surface area contributed by atoms with Gasteiger partial charge in [0.1, 0.15) is 0 Å². The first-order valence-corrected chi connectivity index (χ1v) is 7.48. The van der Waals surface area contributed by atoms with E-state index in [0.29, 0.717) is 18.9 Å². The van der Waals surface area contributed by atoms with E-state index in [9.17, 15) is 9.59 Å². The fraction of sp³-hybridized carbons (Fsp3) is 0.571. The topological polar surface area (TPSA) is 66.4 Å². The van der Waals surface area contributed by atoms with Gasteiger partial charge in [-0.2, -0.15) is 0 Å². The summed E-state index contributed by atoms with van der Waals surface area (Å²) in [5, 5.41) is 13.4. The first kappa shape index (κ1) is 15.7. The Morgan fingerprint density at radius 2 is 2.16 bits per heavy atom. The Hall–Kier alpha value is -1.36. The number of nitrogens with one attached hydrogen (secondary N) is 1. The third kappa shape index (κ3) is 5.42. The van der Waals surface area contributed by atoms with Crippen molar-refractivity contribution in [1.82, 2.24) is 5.32 Å². The summed E-state index contributed by atoms with van der Waals surface area (Å²) in [6.07, 6.45) is 2.53. The summed E-state index contributed by atoms with van der Waals surface area (Å²) in [6.45, 7) is 4.64. The maximum Gasteiger partial charge on any atom is 0.303 e. The van der Waals surface area contributed by atoms with Crippen molar-refractivity contribution in [1.29, 1.82) is 0 Å². The smallest absolute Gasteiger partial charge is 0.303 e. The SMILES string of the molecule is CCc1ccsc1C(=O)NCCC(C)CCC(=O)O. The van der Waals surface area contributed by atoms with Crippen molar-refractivity contribution in [3.05, 3.63) is 21.9 Å². The third-order valence-electron chi connectivity index (χ3n) is 3.11. The molecular weight excluding hydrogens is 262 g/mol. The zero-order valence-electron chi connectivity index (χ0n) is 11.4. The van der Waals surface area contributed by atoms with Gasteiger partial charge in [0.05, 0.1) is 4.88 Å². The monoisotopic (exact) mass is 283 g/mol. The molecule has 0 aromatic carbocycles. The van der Waals surface area contributed by atoms with Gasteiger partial charge in [0.25, 0.3) is 5.91 Å². The summed E-state index contributed by atoms with van der Waals surface area (Å²) in [5.74, 6) is -0.468. The predicted octanol–water partition coefficient (Wildman–Crippen LogP) is 2.93. The van der Waals surface area contributed by atoms with Crippen molar-refractivity contribution in [3.8, 4) is 0 Å². The van der Waals surface area contributed by atoms with Gasteiger partial charge in [-0.3, -0.25) is 9.59 Å². The summed E-state index contributed by atoms with van der Waals surface area (Å²) in [7, 11) is 0. The number of carbonyl (C=O) groups is 2. The first-order chi connectivity index (χ1) is 9.04. The number of thiophene rings is 1. The molecule has 1 heterocycles. The van der Waals surface area contributed by atoms with Crippen LogP contribution in [0.5, 0.6) is 0 Å². The van der Waals surface area contributed by atoms with Crippen LogP contribution in [0.4, 0.5) is 0 Å². The lowest BCUT2D eigenvalue weighted by Crippen LogP contribution is -2.25. The number of hydrogen-bond acceptors (Lipinski definition) is 3. The molecule has 2 N–H and O–H groups in total. The van der Waals surface area contributed by atoms with Crippen LogP contribution in [0.15, 0.2) is 11.4 Å². The maximum absolute atomic E-state index is 11.9. The van der Waals surface area contributed by atoms with Gasteiger partial charge in [0.15, 0.2) is 0 Å². The van der Waals surface area contributed by atoms with Crippen LogP contribution in [0.1, 0.15) is 48.3 Å². The van der Waals surface area contributed by atoms with Crippen molar-refractivity contribution < 1.29 is 14.7 Å². The maximum atomic E-state index is 11.9. The van der Waals surface area contributed by atoms with Crippen molar-refractivity contribution in [2.45, 2.75) is 39.5 Å². The Morgan fingerprint density at radius 1 is 1.42 bits per heavy atom. The predicted molar refractivity (Wildman–Crippen MR) is 76.7 cm³/mol. The standard InChI is InChI=1S/C14H21NO3S/c1-3-11-7-9-19-13(11)14(18)15-8-6-10(2)4-5-12(16)17/h7,9-10H,3-6,8H2,1-2H3,(H,15,18)(H,16,17). The molecule has 106 valence electrons. The lowest BCUT2D eigenvalue weighted by molar-refractivity contribution is -0.137. The summed E-state index contributed by atoms with van der Waals surface area (Å²) in [6, 6.07) is 1.98. The molecular formula is C14H21NO3S. The van der Waals surface area contributed by atoms with Crippen LogP contribution in [0.25, 0.3) is 0 Å². The van der Waals surface area contributed by atoms with Gasteiger partial charge in [0, 0.05) is 13.0 Å². The number of hydrogen-bond donors (Lipinski definition) is 2. The Morgan fingerprint density at radius 3 is 2.79 bits per heavy atom. The molecule has 0 aliphatic heterocycles. The zero-order chi connectivity index (χ0) is 14.3. The number of aliphatic carboxylic acids is 1. The van der Waals surface area contributed by atoms with E-state index in [1.165, 1.54) is 11.3 Å². The molecule has 1 amide bonds. The second kappa shape index (κ2) is 7.94. The minimum absolute atomic E-state index is 0.0164. The lowest BCUT2D eigenvalue weighted by Gasteiger charge is -2.10. The van der Waals surface area contributed by atoms with E-state index in [0.717, 1.165) is 23.3 Å². The highest BCUT2D eigenvalue weighted by Gasteiger charge is 2.12. The van der Waals surface area contributed by atoms with Crippen LogP contribution in [0.2, 0.25) is 0 Å². The molecule has 0 saturated carbocycles. The zero-order valence-corrected chi connectivity index (χ0v) is 12.3. The molecule has 1 atom stereocenters. The van der Waals surface area contributed by atoms with Gasteiger partial charge < -0.3 is 10.4 Å². The van der Waals surface area contributed by atoms with Gasteiger partial charge in [0.2, 0.25) is 0 Å². The highest BCUT2D eigenvalue weighted by molar-refractivity contribution is 7.12. The second-order valence-corrected chi connectivity index (χ2v) is 5.63. The molecule has 1 aromatic heterocycles. The molecule has 1 rings (SSSR count). The molecule has 4 nitrogen and oxygen atoms in total. The fourth-order valence-corrected chi connectivity index (χ4v) is 2.75. The van der Waals surface area contributed by atoms with Crippen LogP contribution in [-0.4, -0.2) is 23.5 Å². The molecule has 0 radical (unpaired) electrons. The Labute approximate surface area is 117 Å². The molecule has 1 unspecified atom stereocenters. The molecule has 0 aliphatic carbocycles.